The maximum absolute atomic E-state index is 11.1. The fraction of sp³-hybridized carbons (Fsp3) is 0.250. The summed E-state index contributed by atoms with van der Waals surface area (Å²) in [4.78, 5) is 11.1. The third-order valence-electron chi connectivity index (χ3n) is 1.59. The van der Waals surface area contributed by atoms with E-state index in [9.17, 15) is 4.79 Å². The molecule has 0 amide bonds. The number of rotatable bonds is 2. The Labute approximate surface area is 74.4 Å². The molecule has 0 atom stereocenters. The number of aliphatic hydroxyl groups excluding tert-OH is 1. The van der Waals surface area contributed by atoms with Crippen molar-refractivity contribution in [3.8, 4) is 11.9 Å². The van der Waals surface area contributed by atoms with Gasteiger partial charge in [-0.25, -0.2) is 0 Å². The van der Waals surface area contributed by atoms with Gasteiger partial charge >= 0.3 is 0 Å². The molecule has 0 aliphatic heterocycles. The molecule has 0 spiro atoms. The second kappa shape index (κ2) is 3.74. The van der Waals surface area contributed by atoms with Crippen LogP contribution in [0.1, 0.15) is 5.69 Å². The lowest BCUT2D eigenvalue weighted by atomic mass is 10.3. The first-order chi connectivity index (χ1) is 6.22. The van der Waals surface area contributed by atoms with Crippen molar-refractivity contribution in [1.29, 1.82) is 5.26 Å². The average molecular weight is 180 g/mol. The number of hydrogen-bond acceptors (Lipinski definition) is 4. The number of methoxy groups -OCH3 is 1. The van der Waals surface area contributed by atoms with Crippen LogP contribution >= 0.6 is 0 Å². The molecule has 5 nitrogen and oxygen atoms in total. The normalized spacial score (nSPS) is 9.31. The summed E-state index contributed by atoms with van der Waals surface area (Å²) in [6.07, 6.45) is 3.03. The van der Waals surface area contributed by atoms with Crippen LogP contribution in [0.3, 0.4) is 0 Å². The van der Waals surface area contributed by atoms with Crippen molar-refractivity contribution in [3.63, 3.8) is 0 Å². The highest BCUT2D eigenvalue weighted by molar-refractivity contribution is 5.23. The predicted octanol–water partition coefficient (Wildman–Crippen LogP) is -0.322. The standard InChI is InChI=1S/C8H8N2O3/c1-13-8-3-10(5-9)6(4-11)2-7(8)12/h2-3,11H,4H2,1H3. The van der Waals surface area contributed by atoms with Crippen LogP contribution in [0.15, 0.2) is 17.1 Å². The topological polar surface area (TPSA) is 75.2 Å². The van der Waals surface area contributed by atoms with E-state index in [4.69, 9.17) is 15.1 Å². The Kier molecular flexibility index (Phi) is 2.67. The van der Waals surface area contributed by atoms with Crippen molar-refractivity contribution < 1.29 is 9.84 Å². The van der Waals surface area contributed by atoms with E-state index in [1.54, 1.807) is 6.19 Å². The van der Waals surface area contributed by atoms with Gasteiger partial charge in [0.25, 0.3) is 0 Å². The van der Waals surface area contributed by atoms with Gasteiger partial charge in [0, 0.05) is 6.07 Å². The maximum atomic E-state index is 11.1. The van der Waals surface area contributed by atoms with Gasteiger partial charge in [0.2, 0.25) is 5.43 Å². The van der Waals surface area contributed by atoms with E-state index < -0.39 is 0 Å². The molecular weight excluding hydrogens is 172 g/mol. The number of hydrogen-bond donors (Lipinski definition) is 1. The summed E-state index contributed by atoms with van der Waals surface area (Å²) in [5.41, 5.74) is -0.105. The van der Waals surface area contributed by atoms with Gasteiger partial charge < -0.3 is 9.84 Å². The maximum Gasteiger partial charge on any atom is 0.223 e. The molecule has 0 aliphatic rings. The van der Waals surface area contributed by atoms with Gasteiger partial charge in [-0.2, -0.15) is 5.26 Å². The van der Waals surface area contributed by atoms with Crippen LogP contribution in [0, 0.1) is 11.5 Å². The smallest absolute Gasteiger partial charge is 0.223 e. The van der Waals surface area contributed by atoms with E-state index in [1.807, 2.05) is 0 Å². The minimum Gasteiger partial charge on any atom is -0.491 e. The van der Waals surface area contributed by atoms with Gasteiger partial charge in [0.15, 0.2) is 11.9 Å². The van der Waals surface area contributed by atoms with Crippen LogP contribution in [0.25, 0.3) is 0 Å². The van der Waals surface area contributed by atoms with Crippen LogP contribution in [0.2, 0.25) is 0 Å². The molecule has 13 heavy (non-hydrogen) atoms. The minimum atomic E-state index is -0.354. The molecule has 1 aromatic rings. The lowest BCUT2D eigenvalue weighted by Crippen LogP contribution is -2.11. The summed E-state index contributed by atoms with van der Waals surface area (Å²) in [7, 11) is 1.34. The molecule has 68 valence electrons. The highest BCUT2D eigenvalue weighted by atomic mass is 16.5. The second-order valence-electron chi connectivity index (χ2n) is 2.33. The third-order valence-corrected chi connectivity index (χ3v) is 1.59. The molecular formula is C8H8N2O3. The first-order valence-corrected chi connectivity index (χ1v) is 3.53. The summed E-state index contributed by atoms with van der Waals surface area (Å²) in [5, 5.41) is 17.4. The molecule has 1 heterocycles. The lowest BCUT2D eigenvalue weighted by molar-refractivity contribution is 0.273. The molecule has 0 saturated carbocycles. The zero-order valence-electron chi connectivity index (χ0n) is 7.02. The number of pyridine rings is 1. The van der Waals surface area contributed by atoms with Crippen LogP contribution in [-0.4, -0.2) is 16.8 Å². The molecule has 1 rings (SSSR count). The summed E-state index contributed by atoms with van der Waals surface area (Å²) >= 11 is 0. The van der Waals surface area contributed by atoms with E-state index in [1.165, 1.54) is 19.4 Å². The van der Waals surface area contributed by atoms with Crippen LogP contribution in [-0.2, 0) is 6.61 Å². The van der Waals surface area contributed by atoms with Gasteiger partial charge in [0.05, 0.1) is 25.6 Å². The van der Waals surface area contributed by atoms with Crippen molar-refractivity contribution in [2.45, 2.75) is 6.61 Å². The summed E-state index contributed by atoms with van der Waals surface area (Å²) in [6, 6.07) is 1.17. The SMILES string of the molecule is COc1cn(C#N)c(CO)cc1=O. The first-order valence-electron chi connectivity index (χ1n) is 3.53. The average Bonchev–Trinajstić information content (AvgIpc) is 2.17. The van der Waals surface area contributed by atoms with E-state index in [0.29, 0.717) is 0 Å². The number of nitriles is 1. The van der Waals surface area contributed by atoms with E-state index in [0.717, 1.165) is 4.57 Å². The van der Waals surface area contributed by atoms with Crippen LogP contribution in [0.5, 0.6) is 5.75 Å². The van der Waals surface area contributed by atoms with Crippen molar-refractivity contribution in [2.75, 3.05) is 7.11 Å². The van der Waals surface area contributed by atoms with Gasteiger partial charge in [-0.05, 0) is 0 Å². The summed E-state index contributed by atoms with van der Waals surface area (Å²) < 4.78 is 5.80. The number of nitrogens with zero attached hydrogens (tertiary/aromatic N) is 2. The zero-order chi connectivity index (χ0) is 9.84. The van der Waals surface area contributed by atoms with Gasteiger partial charge in [-0.3, -0.25) is 9.36 Å². The van der Waals surface area contributed by atoms with E-state index in [-0.39, 0.29) is 23.5 Å². The lowest BCUT2D eigenvalue weighted by Gasteiger charge is -2.04. The number of aliphatic hydroxyl groups is 1. The molecule has 0 saturated heterocycles. The molecule has 0 aromatic carbocycles. The highest BCUT2D eigenvalue weighted by Crippen LogP contribution is 2.04. The Morgan fingerprint density at radius 2 is 2.46 bits per heavy atom. The fourth-order valence-electron chi connectivity index (χ4n) is 0.924. The van der Waals surface area contributed by atoms with E-state index >= 15 is 0 Å². The molecule has 5 heteroatoms. The minimum absolute atomic E-state index is 0.0822. The molecule has 0 unspecified atom stereocenters. The summed E-state index contributed by atoms with van der Waals surface area (Å²) in [6.45, 7) is -0.354. The Balaban J connectivity index is 3.37. The number of aromatic nitrogens is 1. The molecule has 0 aliphatic carbocycles. The van der Waals surface area contributed by atoms with Gasteiger partial charge in [0.1, 0.15) is 0 Å². The van der Waals surface area contributed by atoms with Gasteiger partial charge in [-0.15, -0.1) is 0 Å². The van der Waals surface area contributed by atoms with E-state index in [2.05, 4.69) is 0 Å². The Morgan fingerprint density at radius 3 is 2.92 bits per heavy atom. The van der Waals surface area contributed by atoms with Crippen molar-refractivity contribution in [2.24, 2.45) is 0 Å². The molecule has 0 bridgehead atoms. The highest BCUT2D eigenvalue weighted by Gasteiger charge is 2.04. The summed E-state index contributed by atoms with van der Waals surface area (Å²) in [5.74, 6) is 0.0822. The number of ether oxygens (including phenoxy) is 1. The molecule has 1 N–H and O–H groups in total. The molecule has 0 fully saturated rings. The third kappa shape index (κ3) is 1.68. The Morgan fingerprint density at radius 1 is 1.77 bits per heavy atom. The fourth-order valence-corrected chi connectivity index (χ4v) is 0.924. The van der Waals surface area contributed by atoms with Crippen LogP contribution < -0.4 is 10.2 Å². The van der Waals surface area contributed by atoms with Gasteiger partial charge in [-0.1, -0.05) is 0 Å². The predicted molar refractivity (Wildman–Crippen MR) is 44.2 cm³/mol. The van der Waals surface area contributed by atoms with Crippen molar-refractivity contribution >= 4 is 0 Å². The quantitative estimate of drug-likeness (QED) is 0.676. The first kappa shape index (κ1) is 9.29. The largest absolute Gasteiger partial charge is 0.491 e. The Bertz CT molecular complexity index is 403. The molecule has 1 aromatic heterocycles. The second-order valence-corrected chi connectivity index (χ2v) is 2.33. The van der Waals surface area contributed by atoms with Crippen LogP contribution in [0.4, 0.5) is 0 Å². The monoisotopic (exact) mass is 180 g/mol. The zero-order valence-corrected chi connectivity index (χ0v) is 7.02. The van der Waals surface area contributed by atoms with Crippen molar-refractivity contribution in [3.05, 3.63) is 28.2 Å². The Hall–Kier alpha value is -1.80. The van der Waals surface area contributed by atoms with Crippen molar-refractivity contribution in [1.82, 2.24) is 4.57 Å². The molecule has 0 radical (unpaired) electrons.